The van der Waals surface area contributed by atoms with Crippen LogP contribution in [0.5, 0.6) is 5.75 Å². The number of nitrogens with zero attached hydrogens (tertiary/aromatic N) is 4. The summed E-state index contributed by atoms with van der Waals surface area (Å²) in [4.78, 5) is 124. The number of likely N-dealkylation sites (N-methyl/N-ethyl adjacent to an activating group) is 3. The number of benzene rings is 2. The molecule has 3 heterocycles. The first kappa shape index (κ1) is 71.6. The number of hydrogen-bond donors (Lipinski definition) is 5. The Labute approximate surface area is 537 Å². The number of halogens is 2. The smallest absolute Gasteiger partial charge is 0.412 e. The summed E-state index contributed by atoms with van der Waals surface area (Å²) in [5.74, 6) is -3.09. The number of anilines is 3. The second-order valence-electron chi connectivity index (χ2n) is 23.0. The first-order valence-electron chi connectivity index (χ1n) is 29.7. The van der Waals surface area contributed by atoms with Gasteiger partial charge in [0.05, 0.1) is 48.4 Å². The lowest BCUT2D eigenvalue weighted by atomic mass is 9.83. The highest BCUT2D eigenvalue weighted by molar-refractivity contribution is 9.09. The van der Waals surface area contributed by atoms with Crippen LogP contribution in [0.25, 0.3) is 0 Å². The minimum absolute atomic E-state index is 0.00113. The molecule has 494 valence electrons. The van der Waals surface area contributed by atoms with Crippen LogP contribution in [0, 0.1) is 5.92 Å². The third-order valence-corrected chi connectivity index (χ3v) is 17.1. The average Bonchev–Trinajstić information content (AvgIpc) is 1.57. The molecule has 0 radical (unpaired) electrons. The number of methoxy groups -OCH3 is 2. The SMILES string of the molecule is COc1cc2cc(c1Cl)N(C)C(=O)C[C@H](OC(=O)[C@H](C)N(C)C(=O)CCOC(=O)N(C)CCN(C)C(=O)OCc1ccc(NC(=O)OC3/C=C/CCCCC3)c(NC(=O)CCNC(=O)CBr)c1)[C@]1(C)O[C@H]1[C@H](C)[C@@H]1C[C@@](O)(NC(=O)O1)[C@H](OC)/C=C/C=C(\C)C2. The van der Waals surface area contributed by atoms with Gasteiger partial charge in [-0.2, -0.15) is 0 Å². The largest absolute Gasteiger partial charge is 0.495 e. The number of aliphatic hydroxyl groups is 1. The van der Waals surface area contributed by atoms with Crippen molar-refractivity contribution in [3.8, 4) is 5.75 Å². The van der Waals surface area contributed by atoms with Crippen LogP contribution in [0.4, 0.5) is 36.2 Å². The Bertz CT molecular complexity index is 3040. The average molecular weight is 1340 g/mol. The molecule has 90 heavy (non-hydrogen) atoms. The van der Waals surface area contributed by atoms with Crippen molar-refractivity contribution in [2.45, 2.75) is 146 Å². The van der Waals surface area contributed by atoms with Gasteiger partial charge in [-0.1, -0.05) is 76.8 Å². The lowest BCUT2D eigenvalue weighted by Gasteiger charge is -2.42. The summed E-state index contributed by atoms with van der Waals surface area (Å²) in [7, 11) is 8.64. The summed E-state index contributed by atoms with van der Waals surface area (Å²) in [6.07, 6.45) is 5.37. The standard InChI is InChI=1S/C62H84BrClN8O18/c1-37-17-16-20-48(84-10)62(82)34-47(88-58(79)68-62)38(2)55-61(4,90-55)49(33-53(76)72(8)45-31-41(29-37)32-46(83-9)54(45)64)89-56(77)39(3)71(7)52(75)24-28-85-59(80)69(5)26-27-70(6)60(81)86-36-40-21-22-43(44(30-40)66-50(73)23-25-65-51(74)35-63)67-57(78)87-42-18-14-12-11-13-15-19-42/h14,16-18,20-22,30-32,38-39,42,47-49,55,82H,11-13,15,19,23-29,33-36H2,1-10H3,(H,65,74)(H,66,73)(H,67,78)(H,68,79)/b18-14+,20-16+,37-17+/t38-,39+,42?,47+,48-,49+,55+,61+,62+/m1/s1. The highest BCUT2D eigenvalue weighted by Crippen LogP contribution is 2.49. The highest BCUT2D eigenvalue weighted by Gasteiger charge is 2.64. The van der Waals surface area contributed by atoms with E-state index in [1.54, 1.807) is 44.2 Å². The fraction of sp³-hybridized carbons (Fsp3) is 0.565. The first-order chi connectivity index (χ1) is 42.7. The maximum absolute atomic E-state index is 14.4. The number of epoxide rings is 1. The molecular weight excluding hydrogens is 1260 g/mol. The third kappa shape index (κ3) is 19.8. The number of hydrogen-bond acceptors (Lipinski definition) is 18. The first-order valence-corrected chi connectivity index (χ1v) is 31.2. The van der Waals surface area contributed by atoms with Gasteiger partial charge in [0.1, 0.15) is 60.0 Å². The van der Waals surface area contributed by atoms with Crippen LogP contribution in [-0.4, -0.2) is 196 Å². The van der Waals surface area contributed by atoms with Crippen LogP contribution in [0.15, 0.2) is 66.3 Å². The van der Waals surface area contributed by atoms with Crippen molar-refractivity contribution in [2.75, 3.05) is 89.5 Å². The van der Waals surface area contributed by atoms with Gasteiger partial charge in [-0.05, 0) is 94.3 Å². The number of allylic oxidation sites excluding steroid dienone is 4. The number of carbonyl (C=O) groups excluding carboxylic acids is 9. The fourth-order valence-electron chi connectivity index (χ4n) is 10.4. The van der Waals surface area contributed by atoms with Crippen LogP contribution in [0.2, 0.25) is 5.02 Å². The summed E-state index contributed by atoms with van der Waals surface area (Å²) >= 11 is 9.89. The molecule has 4 aliphatic rings. The maximum atomic E-state index is 14.4. The Morgan fingerprint density at radius 1 is 0.933 bits per heavy atom. The minimum Gasteiger partial charge on any atom is -0.495 e. The van der Waals surface area contributed by atoms with Crippen molar-refractivity contribution >= 4 is 98.6 Å². The van der Waals surface area contributed by atoms with E-state index in [0.29, 0.717) is 29.8 Å². The van der Waals surface area contributed by atoms with Crippen molar-refractivity contribution in [2.24, 2.45) is 5.92 Å². The van der Waals surface area contributed by atoms with Crippen molar-refractivity contribution in [3.05, 3.63) is 82.4 Å². The summed E-state index contributed by atoms with van der Waals surface area (Å²) in [6.45, 7) is 6.15. The molecule has 6 rings (SSSR count). The summed E-state index contributed by atoms with van der Waals surface area (Å²) < 4.78 is 46.0. The van der Waals surface area contributed by atoms with E-state index >= 15 is 0 Å². The van der Waals surface area contributed by atoms with Crippen molar-refractivity contribution in [1.29, 1.82) is 0 Å². The lowest BCUT2D eigenvalue weighted by molar-refractivity contribution is -0.162. The molecule has 4 bridgehead atoms. The summed E-state index contributed by atoms with van der Waals surface area (Å²) in [5.41, 5.74) is -0.451. The molecule has 3 aliphatic heterocycles. The van der Waals surface area contributed by atoms with Crippen molar-refractivity contribution in [1.82, 2.24) is 25.3 Å². The van der Waals surface area contributed by atoms with E-state index < -0.39 is 108 Å². The number of esters is 1. The van der Waals surface area contributed by atoms with Gasteiger partial charge in [-0.25, -0.2) is 24.0 Å². The molecule has 2 aromatic rings. The van der Waals surface area contributed by atoms with Gasteiger partial charge in [0.25, 0.3) is 0 Å². The topological polar surface area (TPSA) is 312 Å². The van der Waals surface area contributed by atoms with Gasteiger partial charge < -0.3 is 73.2 Å². The lowest BCUT2D eigenvalue weighted by Crippen LogP contribution is -2.63. The number of carbonyl (C=O) groups is 9. The van der Waals surface area contributed by atoms with Gasteiger partial charge in [-0.15, -0.1) is 0 Å². The zero-order chi connectivity index (χ0) is 66.0. The van der Waals surface area contributed by atoms with Crippen LogP contribution < -0.4 is 30.9 Å². The molecular formula is C62H84BrClN8O18. The number of amides is 8. The molecule has 5 N–H and O–H groups in total. The molecule has 1 unspecified atom stereocenters. The van der Waals surface area contributed by atoms with Gasteiger partial charge in [-0.3, -0.25) is 29.8 Å². The minimum atomic E-state index is -1.91. The molecule has 2 saturated heterocycles. The Hall–Kier alpha value is -7.46. The Kier molecular flexibility index (Phi) is 26.3. The molecule has 0 saturated carbocycles. The van der Waals surface area contributed by atoms with Crippen LogP contribution in [0.1, 0.15) is 96.6 Å². The van der Waals surface area contributed by atoms with E-state index in [9.17, 15) is 48.3 Å². The van der Waals surface area contributed by atoms with Crippen molar-refractivity contribution in [3.63, 3.8) is 0 Å². The van der Waals surface area contributed by atoms with Gasteiger partial charge in [0.15, 0.2) is 5.72 Å². The van der Waals surface area contributed by atoms with E-state index in [4.69, 9.17) is 49.5 Å². The number of nitrogens with one attached hydrogen (secondary N) is 4. The normalized spacial score (nSPS) is 25.0. The quantitative estimate of drug-likeness (QED) is 0.0281. The number of rotatable bonds is 20. The van der Waals surface area contributed by atoms with Gasteiger partial charge in [0, 0.05) is 73.7 Å². The van der Waals surface area contributed by atoms with E-state index in [1.807, 2.05) is 25.2 Å². The zero-order valence-electron chi connectivity index (χ0n) is 52.6. The van der Waals surface area contributed by atoms with E-state index in [2.05, 4.69) is 37.2 Å². The third-order valence-electron chi connectivity index (χ3n) is 16.2. The zero-order valence-corrected chi connectivity index (χ0v) is 54.9. The molecule has 28 heteroatoms. The molecule has 0 aromatic heterocycles. The number of fused-ring (bicyclic) bond motifs is 5. The number of ether oxygens (including phenoxy) is 8. The van der Waals surface area contributed by atoms with Crippen LogP contribution >= 0.6 is 27.5 Å². The molecule has 26 nitrogen and oxygen atoms in total. The van der Waals surface area contributed by atoms with Crippen LogP contribution in [0.3, 0.4) is 0 Å². The predicted octanol–water partition coefficient (Wildman–Crippen LogP) is 7.52. The summed E-state index contributed by atoms with van der Waals surface area (Å²) in [5, 5.41) is 22.7. The number of alkyl carbamates (subject to hydrolysis) is 1. The highest BCUT2D eigenvalue weighted by atomic mass is 79.9. The molecule has 2 fully saturated rings. The molecule has 1 aliphatic carbocycles. The fourth-order valence-corrected chi connectivity index (χ4v) is 11.0. The van der Waals surface area contributed by atoms with Gasteiger partial charge in [0.2, 0.25) is 23.6 Å². The van der Waals surface area contributed by atoms with E-state index in [-0.39, 0.29) is 79.7 Å². The number of alkyl halides is 1. The molecule has 8 amide bonds. The van der Waals surface area contributed by atoms with Gasteiger partial charge >= 0.3 is 30.3 Å². The Balaban J connectivity index is 1.03. The monoisotopic (exact) mass is 1340 g/mol. The molecule has 9 atom stereocenters. The predicted molar refractivity (Wildman–Crippen MR) is 335 cm³/mol. The van der Waals surface area contributed by atoms with E-state index in [0.717, 1.165) is 41.7 Å². The molecule has 0 spiro atoms. The Morgan fingerprint density at radius 2 is 1.66 bits per heavy atom. The second-order valence-corrected chi connectivity index (χ2v) is 23.9. The molecule has 2 aromatic carbocycles. The summed E-state index contributed by atoms with van der Waals surface area (Å²) in [6, 6.07) is 6.93. The Morgan fingerprint density at radius 3 is 2.36 bits per heavy atom. The van der Waals surface area contributed by atoms with Crippen LogP contribution in [-0.2, 0) is 70.2 Å². The van der Waals surface area contributed by atoms with E-state index in [1.165, 1.54) is 76.2 Å². The maximum Gasteiger partial charge on any atom is 0.412 e. The second kappa shape index (κ2) is 33.0. The van der Waals surface area contributed by atoms with Crippen molar-refractivity contribution < 1.29 is 86.2 Å².